The van der Waals surface area contributed by atoms with Gasteiger partial charge in [0.2, 0.25) is 5.91 Å². The normalized spacial score (nSPS) is 15.9. The van der Waals surface area contributed by atoms with E-state index in [-0.39, 0.29) is 24.1 Å². The Morgan fingerprint density at radius 3 is 2.44 bits per heavy atom. The van der Waals surface area contributed by atoms with Crippen LogP contribution in [0.4, 0.5) is 30.2 Å². The molecule has 0 N–H and O–H groups in total. The first-order chi connectivity index (χ1) is 15.2. The number of carbonyl (C=O) groups is 1. The van der Waals surface area contributed by atoms with E-state index in [0.717, 1.165) is 22.4 Å². The summed E-state index contributed by atoms with van der Waals surface area (Å²) in [5.74, 6) is -0.0145. The highest BCUT2D eigenvalue weighted by molar-refractivity contribution is 5.94. The third kappa shape index (κ3) is 4.21. The number of benzene rings is 2. The standard InChI is InChI=1S/C22H24F3N5O2/c1-27(2)17-6-3-5-15(13-17)14-20(31)28-11-9-16(10-12-28)30(26-32)29-19-8-4-7-18(21(19)29)22(23,24)25/h3-8,13,16H,9-12,14H2,1-2H3. The summed E-state index contributed by atoms with van der Waals surface area (Å²) in [7, 11) is 3.87. The first-order valence-corrected chi connectivity index (χ1v) is 10.4. The molecule has 32 heavy (non-hydrogen) atoms. The van der Waals surface area contributed by atoms with Gasteiger partial charge in [-0.3, -0.25) is 4.79 Å². The molecule has 2 aliphatic rings. The third-order valence-electron chi connectivity index (χ3n) is 5.92. The molecule has 7 nitrogen and oxygen atoms in total. The number of likely N-dealkylation sites (tertiary alicyclic amines) is 1. The predicted octanol–water partition coefficient (Wildman–Crippen LogP) is 4.36. The van der Waals surface area contributed by atoms with Crippen molar-refractivity contribution in [3.8, 4) is 0 Å². The van der Waals surface area contributed by atoms with Gasteiger partial charge in [-0.05, 0) is 42.7 Å². The summed E-state index contributed by atoms with van der Waals surface area (Å²) in [6, 6.07) is 11.2. The van der Waals surface area contributed by atoms with Gasteiger partial charge >= 0.3 is 6.18 Å². The molecule has 1 fully saturated rings. The largest absolute Gasteiger partial charge is 0.418 e. The summed E-state index contributed by atoms with van der Waals surface area (Å²) in [5, 5.41) is 5.32. The van der Waals surface area contributed by atoms with Crippen LogP contribution < -0.4 is 9.91 Å². The lowest BCUT2D eigenvalue weighted by Crippen LogP contribution is -2.47. The molecular weight excluding hydrogens is 423 g/mol. The number of nitroso groups, excluding NO2 is 1. The van der Waals surface area contributed by atoms with Crippen molar-refractivity contribution in [1.29, 1.82) is 0 Å². The van der Waals surface area contributed by atoms with E-state index in [1.165, 1.54) is 17.1 Å². The van der Waals surface area contributed by atoms with Gasteiger partial charge in [-0.1, -0.05) is 18.2 Å². The van der Waals surface area contributed by atoms with Gasteiger partial charge in [0.05, 0.1) is 29.0 Å². The summed E-state index contributed by atoms with van der Waals surface area (Å²) >= 11 is 0. The molecule has 2 aliphatic heterocycles. The fourth-order valence-corrected chi connectivity index (χ4v) is 4.17. The Bertz CT molecular complexity index is 1020. The van der Waals surface area contributed by atoms with Gasteiger partial charge in [-0.25, -0.2) is 5.01 Å². The number of amides is 1. The van der Waals surface area contributed by atoms with Crippen LogP contribution in [0, 0.1) is 4.91 Å². The summed E-state index contributed by atoms with van der Waals surface area (Å²) in [6.07, 6.45) is -3.34. The van der Waals surface area contributed by atoms with Crippen LogP contribution in [0.25, 0.3) is 0 Å². The van der Waals surface area contributed by atoms with Gasteiger partial charge in [0.15, 0.2) is 0 Å². The SMILES string of the molecule is CN(C)c1cccc(CC(=O)N2CCC(N(N=O)N3c4cccc(C(F)(F)F)c43)CC2)c1. The number of alkyl halides is 3. The second kappa shape index (κ2) is 8.33. The molecule has 0 atom stereocenters. The first-order valence-electron chi connectivity index (χ1n) is 10.4. The van der Waals surface area contributed by atoms with Crippen molar-refractivity contribution in [1.82, 2.24) is 10.0 Å². The fraction of sp³-hybridized carbons (Fsp3) is 0.409. The summed E-state index contributed by atoms with van der Waals surface area (Å²) in [4.78, 5) is 28.0. The minimum absolute atomic E-state index is 0.0145. The average molecular weight is 447 g/mol. The van der Waals surface area contributed by atoms with Crippen molar-refractivity contribution in [2.75, 3.05) is 37.1 Å². The van der Waals surface area contributed by atoms with Gasteiger partial charge in [0.25, 0.3) is 0 Å². The zero-order valence-corrected chi connectivity index (χ0v) is 17.8. The zero-order valence-electron chi connectivity index (χ0n) is 17.8. The number of piperidine rings is 1. The molecule has 0 spiro atoms. The van der Waals surface area contributed by atoms with Gasteiger partial charge in [-0.2, -0.15) is 18.3 Å². The molecule has 0 aromatic heterocycles. The smallest absolute Gasteiger partial charge is 0.378 e. The Hall–Kier alpha value is -3.30. The number of anilines is 3. The van der Waals surface area contributed by atoms with E-state index in [4.69, 9.17) is 0 Å². The maximum absolute atomic E-state index is 13.3. The van der Waals surface area contributed by atoms with E-state index in [1.807, 2.05) is 43.3 Å². The number of nitrogens with zero attached hydrogens (tertiary/aromatic N) is 5. The van der Waals surface area contributed by atoms with Crippen molar-refractivity contribution >= 4 is 23.0 Å². The van der Waals surface area contributed by atoms with E-state index in [1.54, 1.807) is 4.90 Å². The fourth-order valence-electron chi connectivity index (χ4n) is 4.17. The highest BCUT2D eigenvalue weighted by atomic mass is 19.4. The van der Waals surface area contributed by atoms with Crippen LogP contribution in [0.15, 0.2) is 47.8 Å². The third-order valence-corrected chi connectivity index (χ3v) is 5.92. The second-order valence-electron chi connectivity index (χ2n) is 8.24. The van der Waals surface area contributed by atoms with Gasteiger partial charge in [0, 0.05) is 32.9 Å². The highest BCUT2D eigenvalue weighted by Gasteiger charge is 2.48. The molecule has 0 unspecified atom stereocenters. The molecule has 4 rings (SSSR count). The van der Waals surface area contributed by atoms with E-state index >= 15 is 0 Å². The molecular formula is C22H24F3N5O2. The second-order valence-corrected chi connectivity index (χ2v) is 8.24. The Morgan fingerprint density at radius 1 is 1.12 bits per heavy atom. The van der Waals surface area contributed by atoms with Crippen molar-refractivity contribution in [3.05, 3.63) is 58.5 Å². The van der Waals surface area contributed by atoms with Crippen LogP contribution in [0.3, 0.4) is 0 Å². The van der Waals surface area contributed by atoms with E-state index < -0.39 is 11.7 Å². The number of hydrogen-bond donors (Lipinski definition) is 0. The number of hydrazine groups is 1. The topological polar surface area (TPSA) is 59.2 Å². The number of halogens is 3. The highest BCUT2D eigenvalue weighted by Crippen LogP contribution is 2.56. The van der Waals surface area contributed by atoms with Crippen LogP contribution in [0.1, 0.15) is 24.0 Å². The van der Waals surface area contributed by atoms with Crippen molar-refractivity contribution in [2.24, 2.45) is 5.29 Å². The van der Waals surface area contributed by atoms with Crippen LogP contribution >= 0.6 is 0 Å². The number of para-hydroxylation sites is 1. The maximum Gasteiger partial charge on any atom is 0.418 e. The average Bonchev–Trinajstić information content (AvgIpc) is 3.48. The number of carbonyl (C=O) groups excluding carboxylic acids is 1. The molecule has 170 valence electrons. The molecule has 0 saturated carbocycles. The molecule has 0 radical (unpaired) electrons. The maximum atomic E-state index is 13.3. The van der Waals surface area contributed by atoms with Crippen molar-refractivity contribution in [3.63, 3.8) is 0 Å². The number of rotatable bonds is 6. The zero-order chi connectivity index (χ0) is 23.0. The van der Waals surface area contributed by atoms with Gasteiger partial charge in [-0.15, -0.1) is 4.91 Å². The molecule has 10 heteroatoms. The van der Waals surface area contributed by atoms with E-state index in [0.29, 0.717) is 31.6 Å². The van der Waals surface area contributed by atoms with Gasteiger partial charge in [0.1, 0.15) is 5.69 Å². The monoisotopic (exact) mass is 447 g/mol. The first kappa shape index (κ1) is 21.9. The molecule has 0 aliphatic carbocycles. The van der Waals surface area contributed by atoms with Crippen molar-refractivity contribution < 1.29 is 18.0 Å². The molecule has 0 bridgehead atoms. The molecule has 1 amide bonds. The Kier molecular flexibility index (Phi) is 5.70. The molecule has 2 aromatic carbocycles. The lowest BCUT2D eigenvalue weighted by molar-refractivity contribution is -0.137. The lowest BCUT2D eigenvalue weighted by Gasteiger charge is -2.36. The van der Waals surface area contributed by atoms with Crippen LogP contribution in [-0.4, -0.2) is 49.2 Å². The Morgan fingerprint density at radius 2 is 1.81 bits per heavy atom. The van der Waals surface area contributed by atoms with E-state index in [9.17, 15) is 22.9 Å². The predicted molar refractivity (Wildman–Crippen MR) is 115 cm³/mol. The summed E-state index contributed by atoms with van der Waals surface area (Å²) < 4.78 is 39.8. The Balaban J connectivity index is 1.37. The minimum Gasteiger partial charge on any atom is -0.378 e. The van der Waals surface area contributed by atoms with Crippen LogP contribution in [-0.2, 0) is 17.4 Å². The summed E-state index contributed by atoms with van der Waals surface area (Å²) in [6.45, 7) is 0.832. The molecule has 1 saturated heterocycles. The molecule has 2 heterocycles. The minimum atomic E-state index is -4.51. The van der Waals surface area contributed by atoms with Crippen molar-refractivity contribution in [2.45, 2.75) is 31.5 Å². The quantitative estimate of drug-likeness (QED) is 0.374. The van der Waals surface area contributed by atoms with E-state index in [2.05, 4.69) is 5.29 Å². The van der Waals surface area contributed by atoms with Gasteiger partial charge < -0.3 is 9.80 Å². The number of hydrogen-bond acceptors (Lipinski definition) is 5. The van der Waals surface area contributed by atoms with Crippen LogP contribution in [0.5, 0.6) is 0 Å². The molecule has 2 aromatic rings. The lowest BCUT2D eigenvalue weighted by atomic mass is 10.0. The Labute approximate surface area is 183 Å². The van der Waals surface area contributed by atoms with Crippen LogP contribution in [0.2, 0.25) is 0 Å². The summed E-state index contributed by atoms with van der Waals surface area (Å²) in [5.41, 5.74) is 1.45. The number of fused-ring (bicyclic) bond motifs is 1.